The van der Waals surface area contributed by atoms with Crippen molar-refractivity contribution in [3.63, 3.8) is 0 Å². The summed E-state index contributed by atoms with van der Waals surface area (Å²) < 4.78 is 5.63. The molecule has 2 amide bonds. The zero-order valence-corrected chi connectivity index (χ0v) is 10.1. The van der Waals surface area contributed by atoms with Crippen molar-refractivity contribution in [1.29, 1.82) is 0 Å². The third-order valence-corrected chi connectivity index (χ3v) is 3.08. The number of rotatable bonds is 0. The predicted molar refractivity (Wildman–Crippen MR) is 61.4 cm³/mol. The molecule has 0 spiro atoms. The maximum atomic E-state index is 12.2. The van der Waals surface area contributed by atoms with Crippen molar-refractivity contribution in [1.82, 2.24) is 15.1 Å². The summed E-state index contributed by atoms with van der Waals surface area (Å²) in [5.74, 6) is 0. The van der Waals surface area contributed by atoms with Crippen LogP contribution in [-0.4, -0.2) is 67.3 Å². The molecule has 0 unspecified atom stereocenters. The molecule has 0 aliphatic carbocycles. The Morgan fingerprint density at radius 1 is 1.12 bits per heavy atom. The first-order valence-electron chi connectivity index (χ1n) is 6.07. The quantitative estimate of drug-likeness (QED) is 0.639. The van der Waals surface area contributed by atoms with Crippen LogP contribution in [0.4, 0.5) is 4.79 Å². The predicted octanol–water partition coefficient (Wildman–Crippen LogP) is 0.121. The van der Waals surface area contributed by atoms with Gasteiger partial charge in [-0.1, -0.05) is 0 Å². The molecule has 2 heterocycles. The van der Waals surface area contributed by atoms with E-state index in [2.05, 4.69) is 5.32 Å². The van der Waals surface area contributed by atoms with Crippen LogP contribution >= 0.6 is 0 Å². The Morgan fingerprint density at radius 3 is 2.25 bits per heavy atom. The Bertz CT molecular complexity index is 244. The molecule has 0 aromatic carbocycles. The van der Waals surface area contributed by atoms with E-state index in [-0.39, 0.29) is 18.2 Å². The number of carbonyl (C=O) groups is 1. The molecule has 0 aromatic rings. The largest absolute Gasteiger partial charge is 0.372 e. The van der Waals surface area contributed by atoms with Gasteiger partial charge < -0.3 is 19.9 Å². The van der Waals surface area contributed by atoms with Crippen molar-refractivity contribution in [2.24, 2.45) is 0 Å². The number of hydrogen-bond donors (Lipinski definition) is 1. The number of nitrogens with zero attached hydrogens (tertiary/aromatic N) is 2. The van der Waals surface area contributed by atoms with Crippen LogP contribution in [0.1, 0.15) is 13.8 Å². The number of carbonyl (C=O) groups excluding carboxylic acids is 1. The maximum Gasteiger partial charge on any atom is 0.320 e. The second-order valence-electron chi connectivity index (χ2n) is 4.68. The van der Waals surface area contributed by atoms with Gasteiger partial charge in [0.15, 0.2) is 0 Å². The number of urea groups is 1. The van der Waals surface area contributed by atoms with Crippen molar-refractivity contribution in [2.75, 3.05) is 39.3 Å². The zero-order chi connectivity index (χ0) is 11.5. The molecule has 0 radical (unpaired) electrons. The Morgan fingerprint density at radius 2 is 1.69 bits per heavy atom. The summed E-state index contributed by atoms with van der Waals surface area (Å²) in [6.07, 6.45) is 0.297. The Balaban J connectivity index is 1.92. The van der Waals surface area contributed by atoms with Crippen molar-refractivity contribution in [2.45, 2.75) is 26.1 Å². The van der Waals surface area contributed by atoms with Gasteiger partial charge >= 0.3 is 6.03 Å². The van der Waals surface area contributed by atoms with E-state index in [4.69, 9.17) is 4.74 Å². The number of hydrogen-bond acceptors (Lipinski definition) is 3. The Kier molecular flexibility index (Phi) is 3.66. The third-order valence-electron chi connectivity index (χ3n) is 3.08. The number of ether oxygens (including phenoxy) is 1. The molecule has 2 atom stereocenters. The fraction of sp³-hybridized carbons (Fsp3) is 0.909. The summed E-state index contributed by atoms with van der Waals surface area (Å²) in [5.41, 5.74) is 0. The third kappa shape index (κ3) is 2.65. The van der Waals surface area contributed by atoms with Gasteiger partial charge in [-0.25, -0.2) is 4.79 Å². The topological polar surface area (TPSA) is 44.8 Å². The molecular formula is C11H21N3O2. The first kappa shape index (κ1) is 11.7. The van der Waals surface area contributed by atoms with E-state index in [0.29, 0.717) is 13.1 Å². The van der Waals surface area contributed by atoms with Crippen molar-refractivity contribution < 1.29 is 9.53 Å². The van der Waals surface area contributed by atoms with Crippen LogP contribution in [0.2, 0.25) is 0 Å². The second-order valence-corrected chi connectivity index (χ2v) is 4.68. The Hall–Kier alpha value is -0.810. The minimum Gasteiger partial charge on any atom is -0.372 e. The maximum absolute atomic E-state index is 12.2. The lowest BCUT2D eigenvalue weighted by Crippen LogP contribution is -2.56. The molecule has 2 aliphatic rings. The van der Waals surface area contributed by atoms with Gasteiger partial charge in [-0.3, -0.25) is 0 Å². The molecule has 0 saturated carbocycles. The average molecular weight is 227 g/mol. The van der Waals surface area contributed by atoms with Gasteiger partial charge in [0.05, 0.1) is 12.2 Å². The highest BCUT2D eigenvalue weighted by atomic mass is 16.5. The highest BCUT2D eigenvalue weighted by molar-refractivity contribution is 5.74. The molecule has 2 aliphatic heterocycles. The lowest BCUT2D eigenvalue weighted by atomic mass is 10.2. The fourth-order valence-corrected chi connectivity index (χ4v) is 2.39. The Labute approximate surface area is 96.7 Å². The molecule has 0 bridgehead atoms. The summed E-state index contributed by atoms with van der Waals surface area (Å²) in [4.78, 5) is 16.1. The molecule has 92 valence electrons. The minimum atomic E-state index is 0.149. The first-order valence-corrected chi connectivity index (χ1v) is 6.07. The number of piperazine rings is 1. The number of amides is 2. The van der Waals surface area contributed by atoms with Crippen LogP contribution < -0.4 is 5.32 Å². The number of nitrogens with one attached hydrogen (secondary N) is 1. The van der Waals surface area contributed by atoms with Crippen LogP contribution in [-0.2, 0) is 4.74 Å². The molecule has 2 fully saturated rings. The highest BCUT2D eigenvalue weighted by Gasteiger charge is 2.29. The van der Waals surface area contributed by atoms with E-state index in [1.54, 1.807) is 0 Å². The van der Waals surface area contributed by atoms with Gasteiger partial charge in [0, 0.05) is 39.3 Å². The van der Waals surface area contributed by atoms with Crippen LogP contribution in [0.25, 0.3) is 0 Å². The van der Waals surface area contributed by atoms with E-state index in [0.717, 1.165) is 26.2 Å². The molecule has 5 nitrogen and oxygen atoms in total. The van der Waals surface area contributed by atoms with E-state index in [1.807, 2.05) is 23.6 Å². The summed E-state index contributed by atoms with van der Waals surface area (Å²) in [5, 5.41) is 3.25. The van der Waals surface area contributed by atoms with Crippen molar-refractivity contribution in [3.05, 3.63) is 0 Å². The summed E-state index contributed by atoms with van der Waals surface area (Å²) in [6, 6.07) is 0.170. The standard InChI is InChI=1S/C11H21N3O2/c1-9-7-14(8-10(2)16-9)11(15)13-5-3-12-4-6-13/h9-10,12H,3-8H2,1-2H3/t9-,10+. The van der Waals surface area contributed by atoms with Crippen LogP contribution in [0.3, 0.4) is 0 Å². The van der Waals surface area contributed by atoms with Crippen molar-refractivity contribution in [3.8, 4) is 0 Å². The van der Waals surface area contributed by atoms with Crippen LogP contribution in [0.5, 0.6) is 0 Å². The lowest BCUT2D eigenvalue weighted by molar-refractivity contribution is -0.0584. The second kappa shape index (κ2) is 5.01. The van der Waals surface area contributed by atoms with Crippen molar-refractivity contribution >= 4 is 6.03 Å². The normalized spacial score (nSPS) is 31.6. The minimum absolute atomic E-state index is 0.149. The molecule has 1 N–H and O–H groups in total. The van der Waals surface area contributed by atoms with Crippen LogP contribution in [0, 0.1) is 0 Å². The number of morpholine rings is 1. The van der Waals surface area contributed by atoms with Gasteiger partial charge in [-0.2, -0.15) is 0 Å². The van der Waals surface area contributed by atoms with E-state index in [9.17, 15) is 4.79 Å². The van der Waals surface area contributed by atoms with E-state index >= 15 is 0 Å². The molecule has 2 saturated heterocycles. The fourth-order valence-electron chi connectivity index (χ4n) is 2.39. The molecular weight excluding hydrogens is 206 g/mol. The summed E-state index contributed by atoms with van der Waals surface area (Å²) >= 11 is 0. The highest BCUT2D eigenvalue weighted by Crippen LogP contribution is 2.13. The first-order chi connectivity index (χ1) is 7.66. The molecule has 0 aromatic heterocycles. The van der Waals surface area contributed by atoms with Gasteiger partial charge in [0.1, 0.15) is 0 Å². The summed E-state index contributed by atoms with van der Waals surface area (Å²) in [6.45, 7) is 8.92. The average Bonchev–Trinajstić information content (AvgIpc) is 2.28. The van der Waals surface area contributed by atoms with Gasteiger partial charge in [0.2, 0.25) is 0 Å². The summed E-state index contributed by atoms with van der Waals surface area (Å²) in [7, 11) is 0. The van der Waals surface area contributed by atoms with Gasteiger partial charge in [-0.05, 0) is 13.8 Å². The molecule has 2 rings (SSSR count). The van der Waals surface area contributed by atoms with Crippen LogP contribution in [0.15, 0.2) is 0 Å². The van der Waals surface area contributed by atoms with E-state index < -0.39 is 0 Å². The molecule has 5 heteroatoms. The van der Waals surface area contributed by atoms with Gasteiger partial charge in [0.25, 0.3) is 0 Å². The lowest BCUT2D eigenvalue weighted by Gasteiger charge is -2.39. The van der Waals surface area contributed by atoms with Gasteiger partial charge in [-0.15, -0.1) is 0 Å². The molecule has 16 heavy (non-hydrogen) atoms. The smallest absolute Gasteiger partial charge is 0.320 e. The zero-order valence-electron chi connectivity index (χ0n) is 10.1. The van der Waals surface area contributed by atoms with E-state index in [1.165, 1.54) is 0 Å². The SMILES string of the molecule is C[C@@H]1CN(C(=O)N2CCNCC2)C[C@H](C)O1. The monoisotopic (exact) mass is 227 g/mol.